The second kappa shape index (κ2) is 8.13. The Labute approximate surface area is 156 Å². The van der Waals surface area contributed by atoms with Gasteiger partial charge in [0.25, 0.3) is 0 Å². The predicted octanol–water partition coefficient (Wildman–Crippen LogP) is 2.80. The van der Waals surface area contributed by atoms with E-state index < -0.39 is 0 Å². The minimum Gasteiger partial charge on any atom is -0.509 e. The monoisotopic (exact) mass is 368 g/mol. The lowest BCUT2D eigenvalue weighted by molar-refractivity contribution is -0.123. The summed E-state index contributed by atoms with van der Waals surface area (Å²) < 4.78 is 0. The molecular formula is C19H20N4O2S. The Balaban J connectivity index is 1.73. The van der Waals surface area contributed by atoms with E-state index in [0.29, 0.717) is 30.9 Å². The van der Waals surface area contributed by atoms with Crippen molar-refractivity contribution in [1.29, 1.82) is 5.26 Å². The van der Waals surface area contributed by atoms with Gasteiger partial charge in [0.15, 0.2) is 0 Å². The summed E-state index contributed by atoms with van der Waals surface area (Å²) in [4.78, 5) is 17.8. The molecule has 0 unspecified atom stereocenters. The number of nitriles is 1. The van der Waals surface area contributed by atoms with E-state index in [-0.39, 0.29) is 29.7 Å². The molecule has 134 valence electrons. The molecule has 0 spiro atoms. The number of carbonyl (C=O) groups is 1. The number of hydrogen-bond acceptors (Lipinski definition) is 6. The first-order chi connectivity index (χ1) is 12.6. The van der Waals surface area contributed by atoms with Crippen molar-refractivity contribution >= 4 is 22.8 Å². The summed E-state index contributed by atoms with van der Waals surface area (Å²) in [5, 5.41) is 22.3. The maximum Gasteiger partial charge on any atom is 0.220 e. The molecule has 2 heterocycles. The number of aromatic nitrogens is 1. The van der Waals surface area contributed by atoms with Crippen molar-refractivity contribution < 1.29 is 9.90 Å². The number of primary amides is 1. The molecule has 1 aliphatic rings. The van der Waals surface area contributed by atoms with Crippen LogP contribution in [0.25, 0.3) is 16.8 Å². The predicted molar refractivity (Wildman–Crippen MR) is 101 cm³/mol. The van der Waals surface area contributed by atoms with E-state index in [4.69, 9.17) is 5.73 Å². The molecule has 26 heavy (non-hydrogen) atoms. The van der Waals surface area contributed by atoms with Crippen molar-refractivity contribution in [3.05, 3.63) is 46.5 Å². The summed E-state index contributed by atoms with van der Waals surface area (Å²) in [5.74, 6) is -0.349. The highest BCUT2D eigenvalue weighted by Crippen LogP contribution is 2.27. The minimum absolute atomic E-state index is 0.0130. The van der Waals surface area contributed by atoms with Crippen molar-refractivity contribution in [2.75, 3.05) is 19.6 Å². The number of nitrogens with two attached hydrogens (primary N) is 1. The zero-order chi connectivity index (χ0) is 18.5. The molecule has 0 saturated carbocycles. The molecule has 1 aromatic carbocycles. The van der Waals surface area contributed by atoms with Gasteiger partial charge in [-0.25, -0.2) is 4.98 Å². The van der Waals surface area contributed by atoms with Crippen molar-refractivity contribution in [3.63, 3.8) is 0 Å². The lowest BCUT2D eigenvalue weighted by Crippen LogP contribution is -2.39. The lowest BCUT2D eigenvalue weighted by atomic mass is 9.96. The van der Waals surface area contributed by atoms with Crippen molar-refractivity contribution in [2.45, 2.75) is 12.8 Å². The van der Waals surface area contributed by atoms with Gasteiger partial charge in [-0.3, -0.25) is 9.69 Å². The average molecular weight is 368 g/mol. The van der Waals surface area contributed by atoms with Gasteiger partial charge in [0.05, 0.1) is 12.2 Å². The number of rotatable bonds is 5. The number of aliphatic hydroxyl groups excluding tert-OH is 1. The van der Waals surface area contributed by atoms with Gasteiger partial charge >= 0.3 is 0 Å². The third-order valence-electron chi connectivity index (χ3n) is 4.55. The summed E-state index contributed by atoms with van der Waals surface area (Å²) in [7, 11) is 0. The Kier molecular flexibility index (Phi) is 5.66. The number of amides is 1. The average Bonchev–Trinajstić information content (AvgIpc) is 3.13. The van der Waals surface area contributed by atoms with Crippen LogP contribution < -0.4 is 5.73 Å². The molecule has 1 fully saturated rings. The van der Waals surface area contributed by atoms with Gasteiger partial charge in [-0.05, 0) is 25.9 Å². The second-order valence-corrected chi connectivity index (χ2v) is 7.15. The van der Waals surface area contributed by atoms with E-state index in [0.717, 1.165) is 11.3 Å². The second-order valence-electron chi connectivity index (χ2n) is 6.29. The largest absolute Gasteiger partial charge is 0.509 e. The molecule has 0 atom stereocenters. The van der Waals surface area contributed by atoms with Crippen molar-refractivity contribution in [1.82, 2.24) is 9.88 Å². The third kappa shape index (κ3) is 4.10. The fraction of sp³-hybridized carbons (Fsp3) is 0.316. The van der Waals surface area contributed by atoms with Crippen LogP contribution in [0.2, 0.25) is 0 Å². The van der Waals surface area contributed by atoms with Crippen molar-refractivity contribution in [3.8, 4) is 17.3 Å². The number of thiazole rings is 1. The van der Waals surface area contributed by atoms with Crippen LogP contribution in [0.4, 0.5) is 0 Å². The molecule has 0 radical (unpaired) electrons. The summed E-state index contributed by atoms with van der Waals surface area (Å²) in [6, 6.07) is 11.8. The normalized spacial score (nSPS) is 16.7. The highest BCUT2D eigenvalue weighted by Gasteiger charge is 2.24. The van der Waals surface area contributed by atoms with Gasteiger partial charge in [0.2, 0.25) is 5.91 Å². The van der Waals surface area contributed by atoms with E-state index in [9.17, 15) is 15.2 Å². The van der Waals surface area contributed by atoms with Crippen LogP contribution in [0.15, 0.2) is 41.5 Å². The van der Waals surface area contributed by atoms with Crippen LogP contribution in [0.1, 0.15) is 17.8 Å². The Bertz CT molecular complexity index is 846. The number of carbonyl (C=O) groups excluding carboxylic acids is 1. The molecule has 7 heteroatoms. The number of aliphatic hydroxyl groups is 1. The minimum atomic E-state index is -0.265. The summed E-state index contributed by atoms with van der Waals surface area (Å²) in [6.45, 7) is 1.61. The maximum absolute atomic E-state index is 11.2. The van der Waals surface area contributed by atoms with Gasteiger partial charge in [-0.1, -0.05) is 30.3 Å². The highest BCUT2D eigenvalue weighted by molar-refractivity contribution is 7.11. The maximum atomic E-state index is 11.2. The Morgan fingerprint density at radius 3 is 2.65 bits per heavy atom. The van der Waals surface area contributed by atoms with E-state index in [1.54, 1.807) is 0 Å². The molecule has 1 aromatic heterocycles. The Hall–Kier alpha value is -2.69. The molecule has 2 aromatic rings. The van der Waals surface area contributed by atoms with Crippen LogP contribution in [0.3, 0.4) is 0 Å². The number of allylic oxidation sites excluding steroid dienone is 1. The van der Waals surface area contributed by atoms with Crippen molar-refractivity contribution in [2.24, 2.45) is 11.7 Å². The van der Waals surface area contributed by atoms with Crippen LogP contribution >= 0.6 is 11.3 Å². The molecule has 0 aliphatic carbocycles. The molecule has 1 amide bonds. The third-order valence-corrected chi connectivity index (χ3v) is 5.41. The van der Waals surface area contributed by atoms with Crippen LogP contribution in [0.5, 0.6) is 0 Å². The quantitative estimate of drug-likeness (QED) is 0.624. The number of benzene rings is 1. The lowest BCUT2D eigenvalue weighted by Gasteiger charge is -2.30. The number of piperidine rings is 1. The van der Waals surface area contributed by atoms with Gasteiger partial charge in [-0.2, -0.15) is 5.26 Å². The fourth-order valence-electron chi connectivity index (χ4n) is 3.03. The van der Waals surface area contributed by atoms with E-state index in [1.807, 2.05) is 40.6 Å². The SMILES string of the molecule is N#C/C(=C(/O)CN1CCC(C(N)=O)CC1)c1nc(-c2ccccc2)cs1. The molecule has 1 saturated heterocycles. The molecule has 6 nitrogen and oxygen atoms in total. The van der Waals surface area contributed by atoms with Crippen LogP contribution in [-0.2, 0) is 4.79 Å². The van der Waals surface area contributed by atoms with Gasteiger partial charge in [0.1, 0.15) is 22.4 Å². The first kappa shape index (κ1) is 18.1. The van der Waals surface area contributed by atoms with E-state index >= 15 is 0 Å². The Morgan fingerprint density at radius 2 is 2.04 bits per heavy atom. The molecular weight excluding hydrogens is 348 g/mol. The van der Waals surface area contributed by atoms with Gasteiger partial charge in [-0.15, -0.1) is 11.3 Å². The number of nitrogens with zero attached hydrogens (tertiary/aromatic N) is 3. The van der Waals surface area contributed by atoms with Crippen LogP contribution in [-0.4, -0.2) is 40.5 Å². The van der Waals surface area contributed by atoms with Gasteiger partial charge in [0, 0.05) is 16.9 Å². The highest BCUT2D eigenvalue weighted by atomic mass is 32.1. The Morgan fingerprint density at radius 1 is 1.35 bits per heavy atom. The van der Waals surface area contributed by atoms with E-state index in [1.165, 1.54) is 11.3 Å². The number of likely N-dealkylation sites (tertiary alicyclic amines) is 1. The summed E-state index contributed by atoms with van der Waals surface area (Å²) in [5.41, 5.74) is 7.30. The summed E-state index contributed by atoms with van der Waals surface area (Å²) in [6.07, 6.45) is 1.36. The zero-order valence-electron chi connectivity index (χ0n) is 14.3. The molecule has 1 aliphatic heterocycles. The smallest absolute Gasteiger partial charge is 0.220 e. The zero-order valence-corrected chi connectivity index (χ0v) is 15.1. The summed E-state index contributed by atoms with van der Waals surface area (Å²) >= 11 is 1.34. The molecule has 3 N–H and O–H groups in total. The first-order valence-electron chi connectivity index (χ1n) is 8.43. The standard InChI is InChI=1S/C19H20N4O2S/c20-10-15(17(24)11-23-8-6-14(7-9-23)18(21)25)19-22-16(12-26-19)13-4-2-1-3-5-13/h1-5,12,14,24H,6-9,11H2,(H2,21,25)/b17-15-. The molecule has 0 bridgehead atoms. The molecule has 3 rings (SSSR count). The van der Waals surface area contributed by atoms with Gasteiger partial charge < -0.3 is 10.8 Å². The van der Waals surface area contributed by atoms with Crippen LogP contribution in [0, 0.1) is 17.2 Å². The fourth-order valence-corrected chi connectivity index (χ4v) is 3.88. The topological polar surface area (TPSA) is 103 Å². The number of hydrogen-bond donors (Lipinski definition) is 2. The van der Waals surface area contributed by atoms with E-state index in [2.05, 4.69) is 11.1 Å². The first-order valence-corrected chi connectivity index (χ1v) is 9.31.